The smallest absolute Gasteiger partial charge is 0.165 e. The molecule has 0 aliphatic heterocycles. The molecule has 0 aliphatic carbocycles. The first-order chi connectivity index (χ1) is 8.58. The molecule has 2 N–H and O–H groups in total. The van der Waals surface area contributed by atoms with Crippen molar-refractivity contribution in [3.05, 3.63) is 0 Å². The van der Waals surface area contributed by atoms with Crippen molar-refractivity contribution in [2.45, 2.75) is 97.2 Å². The van der Waals surface area contributed by atoms with E-state index in [4.69, 9.17) is 0 Å². The quantitative estimate of drug-likeness (QED) is 0.395. The molecule has 2 nitrogen and oxygen atoms in total. The summed E-state index contributed by atoms with van der Waals surface area (Å²) in [6, 6.07) is 0. The molecule has 0 aromatic heterocycles. The third-order valence-corrected chi connectivity index (χ3v) is 3.82. The summed E-state index contributed by atoms with van der Waals surface area (Å²) in [5.41, 5.74) is 0. The molecule has 0 saturated carbocycles. The van der Waals surface area contributed by atoms with Gasteiger partial charge in [-0.05, 0) is 12.8 Å². The summed E-state index contributed by atoms with van der Waals surface area (Å²) >= 11 is 0. The van der Waals surface area contributed by atoms with Gasteiger partial charge in [-0.25, -0.2) is 0 Å². The SMILES string of the molecule is CCCCCCCCC(CCC)C(O)(O)CCC. The van der Waals surface area contributed by atoms with Crippen LogP contribution < -0.4 is 0 Å². The maximum absolute atomic E-state index is 10.1. The van der Waals surface area contributed by atoms with Crippen LogP contribution in [0.5, 0.6) is 0 Å². The van der Waals surface area contributed by atoms with Gasteiger partial charge < -0.3 is 10.2 Å². The minimum atomic E-state index is -1.44. The zero-order valence-corrected chi connectivity index (χ0v) is 12.7. The second-order valence-corrected chi connectivity index (χ2v) is 5.67. The summed E-state index contributed by atoms with van der Waals surface area (Å²) in [6.45, 7) is 6.36. The van der Waals surface area contributed by atoms with E-state index in [1.165, 1.54) is 32.1 Å². The van der Waals surface area contributed by atoms with E-state index in [0.717, 1.165) is 32.1 Å². The van der Waals surface area contributed by atoms with Crippen molar-refractivity contribution < 1.29 is 10.2 Å². The molecular formula is C16H34O2. The lowest BCUT2D eigenvalue weighted by atomic mass is 9.86. The summed E-state index contributed by atoms with van der Waals surface area (Å²) in [4.78, 5) is 0. The van der Waals surface area contributed by atoms with Gasteiger partial charge in [-0.2, -0.15) is 0 Å². The van der Waals surface area contributed by atoms with Crippen LogP contribution in [0.25, 0.3) is 0 Å². The zero-order chi connectivity index (χ0) is 13.9. The van der Waals surface area contributed by atoms with Crippen molar-refractivity contribution in [1.29, 1.82) is 0 Å². The number of aliphatic hydroxyl groups is 2. The monoisotopic (exact) mass is 258 g/mol. The minimum Gasteiger partial charge on any atom is -0.365 e. The van der Waals surface area contributed by atoms with Crippen molar-refractivity contribution >= 4 is 0 Å². The van der Waals surface area contributed by atoms with Crippen LogP contribution >= 0.6 is 0 Å². The van der Waals surface area contributed by atoms with Crippen molar-refractivity contribution in [3.63, 3.8) is 0 Å². The average molecular weight is 258 g/mol. The first-order valence-electron chi connectivity index (χ1n) is 8.03. The Hall–Kier alpha value is -0.0800. The molecule has 0 amide bonds. The van der Waals surface area contributed by atoms with Crippen LogP contribution in [-0.4, -0.2) is 16.0 Å². The molecule has 1 atom stereocenters. The fraction of sp³-hybridized carbons (Fsp3) is 1.00. The van der Waals surface area contributed by atoms with Crippen LogP contribution in [0.2, 0.25) is 0 Å². The zero-order valence-electron chi connectivity index (χ0n) is 12.7. The molecule has 0 rings (SSSR count). The minimum absolute atomic E-state index is 0.0635. The van der Waals surface area contributed by atoms with Gasteiger partial charge in [-0.15, -0.1) is 0 Å². The van der Waals surface area contributed by atoms with Crippen molar-refractivity contribution in [1.82, 2.24) is 0 Å². The molecule has 0 aromatic carbocycles. The van der Waals surface area contributed by atoms with Crippen LogP contribution in [0, 0.1) is 5.92 Å². The third-order valence-electron chi connectivity index (χ3n) is 3.82. The Kier molecular flexibility index (Phi) is 10.8. The van der Waals surface area contributed by atoms with Gasteiger partial charge in [0.05, 0.1) is 0 Å². The highest BCUT2D eigenvalue weighted by Crippen LogP contribution is 2.29. The Labute approximate surface area is 114 Å². The molecule has 18 heavy (non-hydrogen) atoms. The maximum Gasteiger partial charge on any atom is 0.165 e. The lowest BCUT2D eigenvalue weighted by Gasteiger charge is -2.31. The molecule has 2 heteroatoms. The van der Waals surface area contributed by atoms with E-state index in [9.17, 15) is 10.2 Å². The first-order valence-corrected chi connectivity index (χ1v) is 8.03. The van der Waals surface area contributed by atoms with E-state index in [1.807, 2.05) is 6.92 Å². The molecule has 0 heterocycles. The molecule has 0 aromatic rings. The number of hydrogen-bond acceptors (Lipinski definition) is 2. The van der Waals surface area contributed by atoms with Gasteiger partial charge >= 0.3 is 0 Å². The molecule has 1 unspecified atom stereocenters. The normalized spacial score (nSPS) is 13.8. The highest BCUT2D eigenvalue weighted by Gasteiger charge is 2.31. The van der Waals surface area contributed by atoms with Crippen molar-refractivity contribution in [2.75, 3.05) is 0 Å². The van der Waals surface area contributed by atoms with Crippen LogP contribution in [0.3, 0.4) is 0 Å². The Morgan fingerprint density at radius 2 is 1.33 bits per heavy atom. The van der Waals surface area contributed by atoms with E-state index in [2.05, 4.69) is 13.8 Å². The van der Waals surface area contributed by atoms with Gasteiger partial charge in [0.25, 0.3) is 0 Å². The molecule has 110 valence electrons. The standard InChI is InChI=1S/C16H34O2/c1-4-7-8-9-10-11-13-15(12-5-2)16(17,18)14-6-3/h15,17-18H,4-14H2,1-3H3. The van der Waals surface area contributed by atoms with Gasteiger partial charge in [-0.1, -0.05) is 72.1 Å². The molecule has 0 spiro atoms. The number of hydrogen-bond donors (Lipinski definition) is 2. The topological polar surface area (TPSA) is 40.5 Å². The molecule has 0 fully saturated rings. The van der Waals surface area contributed by atoms with Gasteiger partial charge in [0.2, 0.25) is 0 Å². The average Bonchev–Trinajstić information content (AvgIpc) is 2.32. The molecule has 0 aliphatic rings. The van der Waals surface area contributed by atoms with E-state index in [0.29, 0.717) is 6.42 Å². The maximum atomic E-state index is 10.1. The van der Waals surface area contributed by atoms with E-state index < -0.39 is 5.79 Å². The van der Waals surface area contributed by atoms with E-state index in [-0.39, 0.29) is 5.92 Å². The van der Waals surface area contributed by atoms with Gasteiger partial charge in [-0.3, -0.25) is 0 Å². The van der Waals surface area contributed by atoms with E-state index >= 15 is 0 Å². The fourth-order valence-corrected chi connectivity index (χ4v) is 2.70. The summed E-state index contributed by atoms with van der Waals surface area (Å²) in [7, 11) is 0. The van der Waals surface area contributed by atoms with Crippen LogP contribution in [0.4, 0.5) is 0 Å². The Bertz CT molecular complexity index is 178. The van der Waals surface area contributed by atoms with Crippen LogP contribution in [-0.2, 0) is 0 Å². The highest BCUT2D eigenvalue weighted by molar-refractivity contribution is 4.75. The van der Waals surface area contributed by atoms with Gasteiger partial charge in [0.1, 0.15) is 0 Å². The molecule has 0 saturated heterocycles. The Morgan fingerprint density at radius 3 is 1.89 bits per heavy atom. The van der Waals surface area contributed by atoms with Crippen LogP contribution in [0.15, 0.2) is 0 Å². The van der Waals surface area contributed by atoms with Crippen molar-refractivity contribution in [2.24, 2.45) is 5.92 Å². The summed E-state index contributed by atoms with van der Waals surface area (Å²) in [6.07, 6.45) is 11.9. The molecule has 0 bridgehead atoms. The van der Waals surface area contributed by atoms with E-state index in [1.54, 1.807) is 0 Å². The molecule has 0 radical (unpaired) electrons. The van der Waals surface area contributed by atoms with Gasteiger partial charge in [0, 0.05) is 12.3 Å². The second kappa shape index (κ2) is 10.8. The lowest BCUT2D eigenvalue weighted by molar-refractivity contribution is -0.208. The second-order valence-electron chi connectivity index (χ2n) is 5.67. The Morgan fingerprint density at radius 1 is 0.722 bits per heavy atom. The highest BCUT2D eigenvalue weighted by atomic mass is 16.5. The summed E-state index contributed by atoms with van der Waals surface area (Å²) < 4.78 is 0. The largest absolute Gasteiger partial charge is 0.365 e. The van der Waals surface area contributed by atoms with Crippen molar-refractivity contribution in [3.8, 4) is 0 Å². The first kappa shape index (κ1) is 17.9. The lowest BCUT2D eigenvalue weighted by Crippen LogP contribution is -2.37. The fourth-order valence-electron chi connectivity index (χ4n) is 2.70. The predicted octanol–water partition coefficient (Wildman–Crippen LogP) is 4.63. The summed E-state index contributed by atoms with van der Waals surface area (Å²) in [5, 5.41) is 20.2. The molecular weight excluding hydrogens is 224 g/mol. The van der Waals surface area contributed by atoms with Gasteiger partial charge in [0.15, 0.2) is 5.79 Å². The summed E-state index contributed by atoms with van der Waals surface area (Å²) in [5.74, 6) is -1.37. The Balaban J connectivity index is 3.89. The predicted molar refractivity (Wildman–Crippen MR) is 78.5 cm³/mol. The third kappa shape index (κ3) is 8.10. The number of unbranched alkanes of at least 4 members (excludes halogenated alkanes) is 5. The number of rotatable bonds is 12. The van der Waals surface area contributed by atoms with Crippen LogP contribution in [0.1, 0.15) is 91.4 Å².